The highest BCUT2D eigenvalue weighted by Crippen LogP contribution is 2.30. The number of ether oxygens (including phenoxy) is 1. The minimum absolute atomic E-state index is 0.109. The van der Waals surface area contributed by atoms with E-state index in [1.807, 2.05) is 12.1 Å². The van der Waals surface area contributed by atoms with Crippen LogP contribution < -0.4 is 5.32 Å². The monoisotopic (exact) mass is 293 g/mol. The maximum atomic E-state index is 6.05. The summed E-state index contributed by atoms with van der Waals surface area (Å²) in [6.07, 6.45) is 4.10. The van der Waals surface area contributed by atoms with Crippen molar-refractivity contribution in [1.82, 2.24) is 5.32 Å². The second-order valence-corrected chi connectivity index (χ2v) is 7.82. The van der Waals surface area contributed by atoms with Crippen LogP contribution in [0.15, 0.2) is 16.5 Å². The zero-order valence-electron chi connectivity index (χ0n) is 14.2. The average Bonchev–Trinajstić information content (AvgIpc) is 2.80. The summed E-state index contributed by atoms with van der Waals surface area (Å²) in [5.41, 5.74) is 0.109. The minimum atomic E-state index is 0.109. The molecule has 2 rings (SSSR count). The number of hydrogen-bond acceptors (Lipinski definition) is 3. The molecule has 2 unspecified atom stereocenters. The van der Waals surface area contributed by atoms with E-state index in [0.717, 1.165) is 29.9 Å². The van der Waals surface area contributed by atoms with E-state index in [2.05, 4.69) is 39.9 Å². The second-order valence-electron chi connectivity index (χ2n) is 7.82. The van der Waals surface area contributed by atoms with Crippen LogP contribution >= 0.6 is 0 Å². The molecule has 21 heavy (non-hydrogen) atoms. The predicted octanol–water partition coefficient (Wildman–Crippen LogP) is 4.51. The Morgan fingerprint density at radius 1 is 1.10 bits per heavy atom. The molecule has 120 valence electrons. The summed E-state index contributed by atoms with van der Waals surface area (Å²) in [5.74, 6) is 3.48. The van der Waals surface area contributed by atoms with Crippen molar-refractivity contribution in [1.29, 1.82) is 0 Å². The van der Waals surface area contributed by atoms with Gasteiger partial charge in [0.05, 0.1) is 12.6 Å². The summed E-state index contributed by atoms with van der Waals surface area (Å²) in [6.45, 7) is 12.5. The van der Waals surface area contributed by atoms with Crippen molar-refractivity contribution in [3.63, 3.8) is 0 Å². The lowest BCUT2D eigenvalue weighted by Gasteiger charge is -2.31. The van der Waals surface area contributed by atoms with E-state index in [1.165, 1.54) is 19.3 Å². The van der Waals surface area contributed by atoms with Gasteiger partial charge in [-0.1, -0.05) is 13.8 Å². The maximum absolute atomic E-state index is 6.05. The molecule has 1 aromatic rings. The third-order valence-electron chi connectivity index (χ3n) is 4.11. The van der Waals surface area contributed by atoms with Gasteiger partial charge < -0.3 is 14.5 Å². The quantitative estimate of drug-likeness (QED) is 0.867. The molecule has 2 atom stereocenters. The molecule has 1 N–H and O–H groups in total. The molecule has 1 aliphatic rings. The molecule has 3 heteroatoms. The van der Waals surface area contributed by atoms with Crippen LogP contribution in [-0.2, 0) is 17.9 Å². The van der Waals surface area contributed by atoms with Crippen molar-refractivity contribution in [2.45, 2.75) is 78.7 Å². The lowest BCUT2D eigenvalue weighted by molar-refractivity contribution is -0.0160. The zero-order valence-corrected chi connectivity index (χ0v) is 14.2. The summed E-state index contributed by atoms with van der Waals surface area (Å²) < 4.78 is 11.9. The normalized spacial score (nSPS) is 27.0. The Kier molecular flexibility index (Phi) is 5.50. The first kappa shape index (κ1) is 16.6. The highest BCUT2D eigenvalue weighted by molar-refractivity contribution is 5.06. The Hall–Kier alpha value is -0.800. The van der Waals surface area contributed by atoms with Gasteiger partial charge in [0.1, 0.15) is 18.1 Å². The van der Waals surface area contributed by atoms with Crippen LogP contribution in [0.3, 0.4) is 0 Å². The van der Waals surface area contributed by atoms with E-state index in [0.29, 0.717) is 12.7 Å². The van der Waals surface area contributed by atoms with Crippen LogP contribution in [0, 0.1) is 11.8 Å². The van der Waals surface area contributed by atoms with Crippen LogP contribution in [0.5, 0.6) is 0 Å². The van der Waals surface area contributed by atoms with Gasteiger partial charge in [-0.15, -0.1) is 0 Å². The lowest BCUT2D eigenvalue weighted by atomic mass is 9.82. The highest BCUT2D eigenvalue weighted by Gasteiger charge is 2.24. The largest absolute Gasteiger partial charge is 0.462 e. The van der Waals surface area contributed by atoms with Crippen LogP contribution in [0.4, 0.5) is 0 Å². The van der Waals surface area contributed by atoms with Gasteiger partial charge in [0.25, 0.3) is 0 Å². The zero-order chi connectivity index (χ0) is 15.5. The molecule has 0 aromatic carbocycles. The van der Waals surface area contributed by atoms with Gasteiger partial charge in [-0.2, -0.15) is 0 Å². The van der Waals surface area contributed by atoms with Crippen LogP contribution in [0.1, 0.15) is 65.4 Å². The van der Waals surface area contributed by atoms with Gasteiger partial charge in [0.2, 0.25) is 0 Å². The maximum Gasteiger partial charge on any atom is 0.129 e. The summed E-state index contributed by atoms with van der Waals surface area (Å²) >= 11 is 0. The molecular formula is C18H31NO2. The molecule has 0 bridgehead atoms. The van der Waals surface area contributed by atoms with E-state index < -0.39 is 0 Å². The molecular weight excluding hydrogens is 262 g/mol. The lowest BCUT2D eigenvalue weighted by Crippen LogP contribution is -2.34. The smallest absolute Gasteiger partial charge is 0.129 e. The van der Waals surface area contributed by atoms with Crippen molar-refractivity contribution >= 4 is 0 Å². The fourth-order valence-corrected chi connectivity index (χ4v) is 3.16. The number of nitrogens with one attached hydrogen (secondary N) is 1. The predicted molar refractivity (Wildman–Crippen MR) is 86.1 cm³/mol. The molecule has 0 saturated heterocycles. The van der Waals surface area contributed by atoms with Crippen molar-refractivity contribution in [3.05, 3.63) is 23.7 Å². The Morgan fingerprint density at radius 2 is 1.71 bits per heavy atom. The van der Waals surface area contributed by atoms with E-state index in [1.54, 1.807) is 0 Å². The standard InChI is InChI=1S/C18H31NO2/c1-13-8-14(2)10-17(9-13)20-12-16-7-6-15(21-16)11-19-18(3,4)5/h6-7,13-14,17,19H,8-12H2,1-5H3. The minimum Gasteiger partial charge on any atom is -0.462 e. The molecule has 3 nitrogen and oxygen atoms in total. The Morgan fingerprint density at radius 3 is 2.33 bits per heavy atom. The molecule has 1 heterocycles. The molecule has 1 fully saturated rings. The third-order valence-corrected chi connectivity index (χ3v) is 4.11. The van der Waals surface area contributed by atoms with Crippen LogP contribution in [-0.4, -0.2) is 11.6 Å². The van der Waals surface area contributed by atoms with Crippen LogP contribution in [0.25, 0.3) is 0 Å². The van der Waals surface area contributed by atoms with Gasteiger partial charge in [-0.05, 0) is 64.0 Å². The summed E-state index contributed by atoms with van der Waals surface area (Å²) in [7, 11) is 0. The van der Waals surface area contributed by atoms with Gasteiger partial charge in [0.15, 0.2) is 0 Å². The SMILES string of the molecule is CC1CC(C)CC(OCc2ccc(CNC(C)(C)C)o2)C1. The number of furan rings is 1. The van der Waals surface area contributed by atoms with E-state index >= 15 is 0 Å². The Bertz CT molecular complexity index is 423. The van der Waals surface area contributed by atoms with Gasteiger partial charge in [-0.3, -0.25) is 0 Å². The van der Waals surface area contributed by atoms with E-state index in [9.17, 15) is 0 Å². The molecule has 0 aliphatic heterocycles. The van der Waals surface area contributed by atoms with Crippen molar-refractivity contribution in [2.75, 3.05) is 0 Å². The molecule has 0 radical (unpaired) electrons. The number of rotatable bonds is 5. The van der Waals surface area contributed by atoms with Crippen molar-refractivity contribution < 1.29 is 9.15 Å². The first-order valence-electron chi connectivity index (χ1n) is 8.26. The Balaban J connectivity index is 1.77. The topological polar surface area (TPSA) is 34.4 Å². The van der Waals surface area contributed by atoms with E-state index in [-0.39, 0.29) is 5.54 Å². The first-order valence-corrected chi connectivity index (χ1v) is 8.26. The summed E-state index contributed by atoms with van der Waals surface area (Å²) in [5, 5.41) is 3.43. The second kappa shape index (κ2) is 6.97. The molecule has 0 amide bonds. The molecule has 1 aliphatic carbocycles. The summed E-state index contributed by atoms with van der Waals surface area (Å²) in [6, 6.07) is 4.08. The summed E-state index contributed by atoms with van der Waals surface area (Å²) in [4.78, 5) is 0. The highest BCUT2D eigenvalue weighted by atomic mass is 16.5. The Labute approximate surface area is 129 Å². The fraction of sp³-hybridized carbons (Fsp3) is 0.778. The van der Waals surface area contributed by atoms with Gasteiger partial charge in [-0.25, -0.2) is 0 Å². The molecule has 0 spiro atoms. The molecule has 1 aromatic heterocycles. The molecule has 1 saturated carbocycles. The van der Waals surface area contributed by atoms with Crippen LogP contribution in [0.2, 0.25) is 0 Å². The van der Waals surface area contributed by atoms with E-state index in [4.69, 9.17) is 9.15 Å². The fourth-order valence-electron chi connectivity index (χ4n) is 3.16. The average molecular weight is 293 g/mol. The first-order chi connectivity index (χ1) is 9.82. The third kappa shape index (κ3) is 5.84. The van der Waals surface area contributed by atoms with Gasteiger partial charge >= 0.3 is 0 Å². The van der Waals surface area contributed by atoms with Crippen molar-refractivity contribution in [3.8, 4) is 0 Å². The van der Waals surface area contributed by atoms with Crippen molar-refractivity contribution in [2.24, 2.45) is 11.8 Å². The number of hydrogen-bond donors (Lipinski definition) is 1. The van der Waals surface area contributed by atoms with Gasteiger partial charge in [0, 0.05) is 5.54 Å².